The molecule has 112 valence electrons. The third-order valence-electron chi connectivity index (χ3n) is 5.44. The predicted molar refractivity (Wildman–Crippen MR) is 74.9 cm³/mol. The average Bonchev–Trinajstić information content (AvgIpc) is 2.78. The first-order valence-electron chi connectivity index (χ1n) is 7.99. The molecule has 20 heavy (non-hydrogen) atoms. The van der Waals surface area contributed by atoms with Crippen LogP contribution in [0.4, 0.5) is 0 Å². The number of nitrogens with one attached hydrogen (secondary N) is 1. The molecule has 3 aliphatic rings. The zero-order valence-corrected chi connectivity index (χ0v) is 12.5. The van der Waals surface area contributed by atoms with Gasteiger partial charge in [-0.3, -0.25) is 14.9 Å². The van der Waals surface area contributed by atoms with Crippen molar-refractivity contribution in [2.45, 2.75) is 71.0 Å². The van der Waals surface area contributed by atoms with Crippen LogP contribution < -0.4 is 5.32 Å². The zero-order chi connectivity index (χ0) is 14.3. The largest absolute Gasteiger partial charge is 0.376 e. The van der Waals surface area contributed by atoms with E-state index in [0.29, 0.717) is 12.3 Å². The number of amides is 2. The van der Waals surface area contributed by atoms with Gasteiger partial charge in [0.2, 0.25) is 11.8 Å². The van der Waals surface area contributed by atoms with Crippen molar-refractivity contribution in [2.24, 2.45) is 17.3 Å². The summed E-state index contributed by atoms with van der Waals surface area (Å²) in [5.74, 6) is 0.358. The van der Waals surface area contributed by atoms with Crippen LogP contribution >= 0.6 is 0 Å². The smallest absolute Gasteiger partial charge is 0.230 e. The first kappa shape index (κ1) is 14.1. The minimum absolute atomic E-state index is 0.0106. The summed E-state index contributed by atoms with van der Waals surface area (Å²) in [5.41, 5.74) is -0.161. The van der Waals surface area contributed by atoms with Crippen LogP contribution in [0.3, 0.4) is 0 Å². The molecular weight excluding hydrogens is 254 g/mol. The van der Waals surface area contributed by atoms with Gasteiger partial charge in [-0.05, 0) is 50.9 Å². The average molecular weight is 279 g/mol. The van der Waals surface area contributed by atoms with E-state index in [1.54, 1.807) is 0 Å². The van der Waals surface area contributed by atoms with E-state index in [2.05, 4.69) is 19.2 Å². The molecule has 0 bridgehead atoms. The van der Waals surface area contributed by atoms with Gasteiger partial charge in [-0.1, -0.05) is 12.8 Å². The summed E-state index contributed by atoms with van der Waals surface area (Å²) in [4.78, 5) is 24.5. The monoisotopic (exact) mass is 279 g/mol. The third kappa shape index (κ3) is 2.39. The number of hydrogen-bond acceptors (Lipinski definition) is 3. The van der Waals surface area contributed by atoms with Gasteiger partial charge in [-0.15, -0.1) is 0 Å². The minimum atomic E-state index is -0.161. The van der Waals surface area contributed by atoms with Crippen LogP contribution in [0.25, 0.3) is 0 Å². The fourth-order valence-electron chi connectivity index (χ4n) is 5.09. The third-order valence-corrected chi connectivity index (χ3v) is 5.44. The molecule has 2 saturated heterocycles. The maximum absolute atomic E-state index is 12.5. The standard InChI is InChI=1S/C16H25NO3/c1-10-7-16(8-11(2)20-10)9-13(18)17-15(19)14(16)12-5-3-4-6-12/h10-12,14H,3-9H2,1-2H3,(H,17,18,19). The maximum Gasteiger partial charge on any atom is 0.230 e. The molecule has 4 nitrogen and oxygen atoms in total. The van der Waals surface area contributed by atoms with Crippen LogP contribution in [0.2, 0.25) is 0 Å². The fraction of sp³-hybridized carbons (Fsp3) is 0.875. The second-order valence-electron chi connectivity index (χ2n) is 7.14. The lowest BCUT2D eigenvalue weighted by molar-refractivity contribution is -0.162. The van der Waals surface area contributed by atoms with Crippen molar-refractivity contribution >= 4 is 11.8 Å². The molecular formula is C16H25NO3. The molecule has 2 aliphatic heterocycles. The molecule has 3 fully saturated rings. The molecule has 0 aromatic carbocycles. The second kappa shape index (κ2) is 5.14. The molecule has 1 spiro atoms. The van der Waals surface area contributed by atoms with Gasteiger partial charge in [-0.2, -0.15) is 0 Å². The van der Waals surface area contributed by atoms with E-state index in [-0.39, 0.29) is 35.4 Å². The SMILES string of the molecule is CC1CC2(CC(=O)NC(=O)C2C2CCCC2)CC(C)O1. The van der Waals surface area contributed by atoms with Gasteiger partial charge in [0.15, 0.2) is 0 Å². The highest BCUT2D eigenvalue weighted by Crippen LogP contribution is 2.52. The number of piperidine rings is 1. The van der Waals surface area contributed by atoms with E-state index in [0.717, 1.165) is 25.7 Å². The Bertz CT molecular complexity index is 404. The van der Waals surface area contributed by atoms with E-state index in [1.807, 2.05) is 0 Å². The van der Waals surface area contributed by atoms with Crippen LogP contribution in [0, 0.1) is 17.3 Å². The summed E-state index contributed by atoms with van der Waals surface area (Å²) in [5, 5.41) is 2.59. The number of ether oxygens (including phenoxy) is 1. The molecule has 1 N–H and O–H groups in total. The zero-order valence-electron chi connectivity index (χ0n) is 12.5. The van der Waals surface area contributed by atoms with Crippen LogP contribution in [-0.2, 0) is 14.3 Å². The van der Waals surface area contributed by atoms with Crippen molar-refractivity contribution in [1.29, 1.82) is 0 Å². The van der Waals surface area contributed by atoms with E-state index in [9.17, 15) is 9.59 Å². The summed E-state index contributed by atoms with van der Waals surface area (Å²) in [6.07, 6.45) is 7.19. The van der Waals surface area contributed by atoms with E-state index in [1.165, 1.54) is 12.8 Å². The lowest BCUT2D eigenvalue weighted by Crippen LogP contribution is -2.57. The van der Waals surface area contributed by atoms with Crippen molar-refractivity contribution in [3.05, 3.63) is 0 Å². The molecule has 1 saturated carbocycles. The summed E-state index contributed by atoms with van der Waals surface area (Å²) in [7, 11) is 0. The normalized spacial score (nSPS) is 43.0. The minimum Gasteiger partial charge on any atom is -0.376 e. The van der Waals surface area contributed by atoms with Crippen molar-refractivity contribution < 1.29 is 14.3 Å². The molecule has 0 aromatic rings. The summed E-state index contributed by atoms with van der Waals surface area (Å²) < 4.78 is 5.85. The Kier molecular flexibility index (Phi) is 3.61. The van der Waals surface area contributed by atoms with E-state index < -0.39 is 0 Å². The van der Waals surface area contributed by atoms with Crippen LogP contribution in [0.15, 0.2) is 0 Å². The van der Waals surface area contributed by atoms with Gasteiger partial charge in [0, 0.05) is 12.3 Å². The lowest BCUT2D eigenvalue weighted by Gasteiger charge is -2.50. The predicted octanol–water partition coefficient (Wildman–Crippen LogP) is 2.41. The van der Waals surface area contributed by atoms with E-state index in [4.69, 9.17) is 4.74 Å². The number of imide groups is 1. The van der Waals surface area contributed by atoms with Crippen molar-refractivity contribution in [3.8, 4) is 0 Å². The highest BCUT2D eigenvalue weighted by atomic mass is 16.5. The maximum atomic E-state index is 12.5. The molecule has 3 rings (SSSR count). The molecule has 4 heteroatoms. The Balaban J connectivity index is 1.93. The van der Waals surface area contributed by atoms with Crippen molar-refractivity contribution in [1.82, 2.24) is 5.32 Å². The van der Waals surface area contributed by atoms with Gasteiger partial charge in [0.25, 0.3) is 0 Å². The molecule has 2 heterocycles. The Morgan fingerprint density at radius 3 is 2.30 bits per heavy atom. The van der Waals surface area contributed by atoms with Gasteiger partial charge >= 0.3 is 0 Å². The quantitative estimate of drug-likeness (QED) is 0.750. The van der Waals surface area contributed by atoms with Crippen LogP contribution in [-0.4, -0.2) is 24.0 Å². The molecule has 3 unspecified atom stereocenters. The van der Waals surface area contributed by atoms with Gasteiger partial charge in [0.05, 0.1) is 12.2 Å². The Morgan fingerprint density at radius 2 is 1.70 bits per heavy atom. The van der Waals surface area contributed by atoms with Gasteiger partial charge in [0.1, 0.15) is 0 Å². The van der Waals surface area contributed by atoms with E-state index >= 15 is 0 Å². The molecule has 0 aromatic heterocycles. The van der Waals surface area contributed by atoms with Gasteiger partial charge in [-0.25, -0.2) is 0 Å². The molecule has 1 aliphatic carbocycles. The van der Waals surface area contributed by atoms with Crippen molar-refractivity contribution in [3.63, 3.8) is 0 Å². The highest BCUT2D eigenvalue weighted by Gasteiger charge is 2.54. The van der Waals surface area contributed by atoms with Crippen molar-refractivity contribution in [2.75, 3.05) is 0 Å². The molecule has 2 amide bonds. The van der Waals surface area contributed by atoms with Crippen LogP contribution in [0.5, 0.6) is 0 Å². The number of carbonyl (C=O) groups excluding carboxylic acids is 2. The molecule has 3 atom stereocenters. The topological polar surface area (TPSA) is 55.4 Å². The Morgan fingerprint density at radius 1 is 1.10 bits per heavy atom. The number of rotatable bonds is 1. The van der Waals surface area contributed by atoms with Crippen LogP contribution in [0.1, 0.15) is 58.8 Å². The number of carbonyl (C=O) groups is 2. The summed E-state index contributed by atoms with van der Waals surface area (Å²) in [6.45, 7) is 4.14. The summed E-state index contributed by atoms with van der Waals surface area (Å²) in [6, 6.07) is 0. The first-order chi connectivity index (χ1) is 9.50. The highest BCUT2D eigenvalue weighted by molar-refractivity contribution is 5.99. The number of hydrogen-bond donors (Lipinski definition) is 1. The fourth-order valence-corrected chi connectivity index (χ4v) is 5.09. The Labute approximate surface area is 120 Å². The Hall–Kier alpha value is -0.900. The first-order valence-corrected chi connectivity index (χ1v) is 7.99. The lowest BCUT2D eigenvalue weighted by atomic mass is 9.59. The molecule has 0 radical (unpaired) electrons. The summed E-state index contributed by atoms with van der Waals surface area (Å²) >= 11 is 0. The van der Waals surface area contributed by atoms with Gasteiger partial charge < -0.3 is 4.74 Å². The second-order valence-corrected chi connectivity index (χ2v) is 7.14.